The molecule has 3 nitrogen and oxygen atoms in total. The fraction of sp³-hybridized carbons (Fsp3) is 0.722. The summed E-state index contributed by atoms with van der Waals surface area (Å²) in [6, 6.07) is 4.40. The van der Waals surface area contributed by atoms with Gasteiger partial charge in [0.1, 0.15) is 5.82 Å². The first-order valence-corrected chi connectivity index (χ1v) is 8.30. The second kappa shape index (κ2) is 9.04. The molecule has 0 atom stereocenters. The molecule has 1 aromatic rings. The van der Waals surface area contributed by atoms with Crippen molar-refractivity contribution in [1.82, 2.24) is 10.3 Å². The summed E-state index contributed by atoms with van der Waals surface area (Å²) >= 11 is 0. The highest BCUT2D eigenvalue weighted by Gasteiger charge is 2.11. The zero-order valence-electron chi connectivity index (χ0n) is 14.7. The zero-order chi connectivity index (χ0) is 15.8. The third kappa shape index (κ3) is 6.47. The fourth-order valence-corrected chi connectivity index (χ4v) is 2.30. The van der Waals surface area contributed by atoms with Crippen molar-refractivity contribution in [2.75, 3.05) is 25.0 Å². The van der Waals surface area contributed by atoms with Gasteiger partial charge in [-0.25, -0.2) is 4.98 Å². The fourth-order valence-electron chi connectivity index (χ4n) is 2.30. The van der Waals surface area contributed by atoms with E-state index in [2.05, 4.69) is 57.0 Å². The Kier molecular flexibility index (Phi) is 7.73. The molecule has 0 radical (unpaired) electrons. The van der Waals surface area contributed by atoms with Crippen LogP contribution in [0.4, 0.5) is 5.82 Å². The van der Waals surface area contributed by atoms with Gasteiger partial charge in [0.15, 0.2) is 0 Å². The Balaban J connectivity index is 2.82. The van der Waals surface area contributed by atoms with E-state index in [1.807, 2.05) is 7.05 Å². The molecule has 1 N–H and O–H groups in total. The lowest BCUT2D eigenvalue weighted by Gasteiger charge is -2.26. The van der Waals surface area contributed by atoms with Gasteiger partial charge in [0.2, 0.25) is 0 Å². The average molecular weight is 291 g/mol. The molecule has 0 saturated heterocycles. The van der Waals surface area contributed by atoms with Crippen molar-refractivity contribution in [3.63, 3.8) is 0 Å². The van der Waals surface area contributed by atoms with Crippen LogP contribution in [0.3, 0.4) is 0 Å². The molecule has 0 bridgehead atoms. The van der Waals surface area contributed by atoms with Crippen molar-refractivity contribution in [2.45, 2.75) is 54.0 Å². The lowest BCUT2D eigenvalue weighted by molar-refractivity contribution is 0.532. The molecule has 0 unspecified atom stereocenters. The summed E-state index contributed by atoms with van der Waals surface area (Å²) in [6.07, 6.45) is 2.44. The maximum Gasteiger partial charge on any atom is 0.128 e. The van der Waals surface area contributed by atoms with Crippen molar-refractivity contribution in [3.8, 4) is 0 Å². The van der Waals surface area contributed by atoms with Gasteiger partial charge < -0.3 is 10.2 Å². The Morgan fingerprint density at radius 3 is 2.05 bits per heavy atom. The second-order valence-electron chi connectivity index (χ2n) is 6.80. The van der Waals surface area contributed by atoms with Crippen LogP contribution in [0.25, 0.3) is 0 Å². The van der Waals surface area contributed by atoms with Gasteiger partial charge in [0.05, 0.1) is 0 Å². The van der Waals surface area contributed by atoms with E-state index in [4.69, 9.17) is 4.98 Å². The van der Waals surface area contributed by atoms with Crippen molar-refractivity contribution >= 4 is 5.82 Å². The van der Waals surface area contributed by atoms with E-state index in [0.29, 0.717) is 0 Å². The summed E-state index contributed by atoms with van der Waals surface area (Å²) in [5, 5.41) is 3.20. The number of rotatable bonds is 9. The first kappa shape index (κ1) is 18.0. The number of nitrogens with zero attached hydrogens (tertiary/aromatic N) is 2. The molecule has 1 heterocycles. The molecule has 21 heavy (non-hydrogen) atoms. The zero-order valence-corrected chi connectivity index (χ0v) is 14.7. The Morgan fingerprint density at radius 2 is 1.62 bits per heavy atom. The predicted molar refractivity (Wildman–Crippen MR) is 92.9 cm³/mol. The third-order valence-electron chi connectivity index (χ3n) is 3.82. The number of hydrogen-bond acceptors (Lipinski definition) is 3. The number of aryl methyl sites for hydroxylation is 1. The highest BCUT2D eigenvalue weighted by atomic mass is 15.2. The Morgan fingerprint density at radius 1 is 1.05 bits per heavy atom. The van der Waals surface area contributed by atoms with Crippen LogP contribution >= 0.6 is 0 Å². The van der Waals surface area contributed by atoms with Crippen LogP contribution < -0.4 is 10.2 Å². The SMILES string of the molecule is CNCc1ccc(N(CCC(C)C)CCC(C)C)nc1C. The summed E-state index contributed by atoms with van der Waals surface area (Å²) in [7, 11) is 1.98. The molecule has 0 aromatic carbocycles. The third-order valence-corrected chi connectivity index (χ3v) is 3.82. The largest absolute Gasteiger partial charge is 0.357 e. The van der Waals surface area contributed by atoms with Crippen LogP contribution in [0.15, 0.2) is 12.1 Å². The van der Waals surface area contributed by atoms with E-state index < -0.39 is 0 Å². The van der Waals surface area contributed by atoms with Gasteiger partial charge >= 0.3 is 0 Å². The minimum absolute atomic E-state index is 0.733. The highest BCUT2D eigenvalue weighted by molar-refractivity contribution is 5.41. The maximum atomic E-state index is 4.83. The molecule has 1 aromatic heterocycles. The van der Waals surface area contributed by atoms with Crippen LogP contribution in [0, 0.1) is 18.8 Å². The molecule has 0 fully saturated rings. The van der Waals surface area contributed by atoms with E-state index in [-0.39, 0.29) is 0 Å². The van der Waals surface area contributed by atoms with Gasteiger partial charge in [-0.1, -0.05) is 33.8 Å². The monoisotopic (exact) mass is 291 g/mol. The number of aromatic nitrogens is 1. The molecule has 3 heteroatoms. The minimum Gasteiger partial charge on any atom is -0.357 e. The van der Waals surface area contributed by atoms with Gasteiger partial charge in [0.25, 0.3) is 0 Å². The predicted octanol–water partition coefficient (Wildman–Crippen LogP) is 4.01. The van der Waals surface area contributed by atoms with Gasteiger partial charge in [-0.2, -0.15) is 0 Å². The highest BCUT2D eigenvalue weighted by Crippen LogP contribution is 2.18. The van der Waals surface area contributed by atoms with Crippen molar-refractivity contribution in [2.24, 2.45) is 11.8 Å². The van der Waals surface area contributed by atoms with Gasteiger partial charge in [-0.15, -0.1) is 0 Å². The first-order valence-electron chi connectivity index (χ1n) is 8.30. The summed E-state index contributed by atoms with van der Waals surface area (Å²) in [5.74, 6) is 2.60. The standard InChI is InChI=1S/C18H33N3/c1-14(2)9-11-21(12-10-15(3)4)18-8-7-17(13-19-6)16(5)20-18/h7-8,14-15,19H,9-13H2,1-6H3. The van der Waals surface area contributed by atoms with Gasteiger partial charge in [-0.3, -0.25) is 0 Å². The Hall–Kier alpha value is -1.09. The molecule has 0 aliphatic heterocycles. The molecule has 0 spiro atoms. The van der Waals surface area contributed by atoms with Crippen LogP contribution in [0.1, 0.15) is 51.8 Å². The van der Waals surface area contributed by atoms with E-state index in [9.17, 15) is 0 Å². The first-order chi connectivity index (χ1) is 9.93. The summed E-state index contributed by atoms with van der Waals surface area (Å²) in [4.78, 5) is 7.29. The van der Waals surface area contributed by atoms with Gasteiger partial charge in [0, 0.05) is 25.3 Å². The number of pyridine rings is 1. The quantitative estimate of drug-likeness (QED) is 0.745. The molecule has 0 amide bonds. The topological polar surface area (TPSA) is 28.2 Å². The molecule has 0 aliphatic rings. The van der Waals surface area contributed by atoms with E-state index in [1.54, 1.807) is 0 Å². The molecule has 0 saturated carbocycles. The Bertz CT molecular complexity index is 401. The molecular weight excluding hydrogens is 258 g/mol. The summed E-state index contributed by atoms with van der Waals surface area (Å²) in [5.41, 5.74) is 2.43. The Labute approximate surface area is 131 Å². The van der Waals surface area contributed by atoms with Gasteiger partial charge in [-0.05, 0) is 50.3 Å². The number of anilines is 1. The van der Waals surface area contributed by atoms with Crippen LogP contribution in [-0.2, 0) is 6.54 Å². The lowest BCUT2D eigenvalue weighted by atomic mass is 10.1. The maximum absolute atomic E-state index is 4.83. The molecule has 1 rings (SSSR count). The van der Waals surface area contributed by atoms with Crippen LogP contribution in [-0.4, -0.2) is 25.1 Å². The number of hydrogen-bond donors (Lipinski definition) is 1. The second-order valence-corrected chi connectivity index (χ2v) is 6.80. The molecule has 0 aliphatic carbocycles. The molecular formula is C18H33N3. The smallest absolute Gasteiger partial charge is 0.128 e. The normalized spacial score (nSPS) is 11.4. The van der Waals surface area contributed by atoms with E-state index in [1.165, 1.54) is 18.4 Å². The minimum atomic E-state index is 0.733. The van der Waals surface area contributed by atoms with Crippen molar-refractivity contribution < 1.29 is 0 Å². The molecule has 120 valence electrons. The number of nitrogens with one attached hydrogen (secondary N) is 1. The van der Waals surface area contributed by atoms with E-state index in [0.717, 1.165) is 43.0 Å². The van der Waals surface area contributed by atoms with E-state index >= 15 is 0 Å². The lowest BCUT2D eigenvalue weighted by Crippen LogP contribution is -2.28. The summed E-state index contributed by atoms with van der Waals surface area (Å²) < 4.78 is 0. The summed E-state index contributed by atoms with van der Waals surface area (Å²) in [6.45, 7) is 14.3. The van der Waals surface area contributed by atoms with Crippen molar-refractivity contribution in [1.29, 1.82) is 0 Å². The van der Waals surface area contributed by atoms with Crippen molar-refractivity contribution in [3.05, 3.63) is 23.4 Å². The van der Waals surface area contributed by atoms with Crippen LogP contribution in [0.5, 0.6) is 0 Å². The van der Waals surface area contributed by atoms with Crippen LogP contribution in [0.2, 0.25) is 0 Å². The average Bonchev–Trinajstić information content (AvgIpc) is 2.41.